The quantitative estimate of drug-likeness (QED) is 0.740. The molecule has 0 atom stereocenters. The highest BCUT2D eigenvalue weighted by atomic mass is 35.5. The summed E-state index contributed by atoms with van der Waals surface area (Å²) in [5.74, 6) is 0.808. The molecule has 0 unspecified atom stereocenters. The fourth-order valence-electron chi connectivity index (χ4n) is 2.12. The van der Waals surface area contributed by atoms with E-state index in [1.807, 2.05) is 50.5 Å². The minimum atomic E-state index is 0.704. The second-order valence-corrected chi connectivity index (χ2v) is 5.35. The van der Waals surface area contributed by atoms with Gasteiger partial charge >= 0.3 is 0 Å². The van der Waals surface area contributed by atoms with Crippen molar-refractivity contribution in [2.75, 3.05) is 19.0 Å². The van der Waals surface area contributed by atoms with Crippen molar-refractivity contribution < 1.29 is 0 Å². The molecular formula is C16H15ClN4. The summed E-state index contributed by atoms with van der Waals surface area (Å²) in [6.45, 7) is 0. The summed E-state index contributed by atoms with van der Waals surface area (Å²) < 4.78 is 1.81. The van der Waals surface area contributed by atoms with E-state index in [-0.39, 0.29) is 0 Å². The molecule has 5 heteroatoms. The van der Waals surface area contributed by atoms with Gasteiger partial charge in [-0.15, -0.1) is 0 Å². The highest BCUT2D eigenvalue weighted by molar-refractivity contribution is 6.30. The van der Waals surface area contributed by atoms with Crippen molar-refractivity contribution >= 4 is 17.3 Å². The molecule has 0 N–H and O–H groups in total. The zero-order chi connectivity index (χ0) is 14.8. The van der Waals surface area contributed by atoms with E-state index >= 15 is 0 Å². The van der Waals surface area contributed by atoms with Crippen LogP contribution in [0.1, 0.15) is 0 Å². The molecule has 0 aliphatic rings. The van der Waals surface area contributed by atoms with Crippen molar-refractivity contribution in [1.29, 1.82) is 0 Å². The minimum Gasteiger partial charge on any atom is -0.378 e. The third-order valence-corrected chi connectivity index (χ3v) is 3.51. The predicted octanol–water partition coefficient (Wildman–Crippen LogP) is 3.65. The Labute approximate surface area is 128 Å². The Morgan fingerprint density at radius 1 is 0.952 bits per heavy atom. The number of rotatable bonds is 3. The second-order valence-electron chi connectivity index (χ2n) is 4.91. The maximum Gasteiger partial charge on any atom is 0.163 e. The minimum absolute atomic E-state index is 0.704. The molecule has 2 aromatic carbocycles. The van der Waals surface area contributed by atoms with Crippen molar-refractivity contribution in [2.45, 2.75) is 0 Å². The van der Waals surface area contributed by atoms with Gasteiger partial charge in [-0.25, -0.2) is 9.67 Å². The van der Waals surface area contributed by atoms with E-state index in [2.05, 4.69) is 27.1 Å². The van der Waals surface area contributed by atoms with Crippen LogP contribution in [0.3, 0.4) is 0 Å². The third-order valence-electron chi connectivity index (χ3n) is 3.26. The van der Waals surface area contributed by atoms with Gasteiger partial charge < -0.3 is 4.90 Å². The maximum absolute atomic E-state index is 5.93. The molecule has 0 spiro atoms. The van der Waals surface area contributed by atoms with Gasteiger partial charge in [0.25, 0.3) is 0 Å². The van der Waals surface area contributed by atoms with E-state index < -0.39 is 0 Å². The van der Waals surface area contributed by atoms with E-state index in [0.717, 1.165) is 22.8 Å². The van der Waals surface area contributed by atoms with Crippen LogP contribution in [-0.2, 0) is 0 Å². The van der Waals surface area contributed by atoms with Gasteiger partial charge in [0, 0.05) is 30.4 Å². The Morgan fingerprint density at radius 3 is 2.24 bits per heavy atom. The molecule has 0 aliphatic heterocycles. The van der Waals surface area contributed by atoms with Gasteiger partial charge in [0.15, 0.2) is 5.82 Å². The number of benzene rings is 2. The summed E-state index contributed by atoms with van der Waals surface area (Å²) in [4.78, 5) is 6.43. The molecule has 0 saturated carbocycles. The van der Waals surface area contributed by atoms with Gasteiger partial charge in [-0.05, 0) is 48.5 Å². The standard InChI is InChI=1S/C16H15ClN4/c1-20(2)14-7-3-12(4-8-14)16-18-11-19-21(16)15-9-5-13(17)6-10-15/h3-11H,1-2H3. The molecule has 1 aromatic heterocycles. The van der Waals surface area contributed by atoms with Crippen LogP contribution in [0.4, 0.5) is 5.69 Å². The first-order chi connectivity index (χ1) is 10.1. The fraction of sp³-hybridized carbons (Fsp3) is 0.125. The van der Waals surface area contributed by atoms with E-state index in [4.69, 9.17) is 11.6 Å². The van der Waals surface area contributed by atoms with Gasteiger partial charge in [0.2, 0.25) is 0 Å². The van der Waals surface area contributed by atoms with Gasteiger partial charge in [-0.2, -0.15) is 5.10 Å². The zero-order valence-corrected chi connectivity index (χ0v) is 12.6. The van der Waals surface area contributed by atoms with Crippen LogP contribution in [0.15, 0.2) is 54.9 Å². The molecule has 106 valence electrons. The lowest BCUT2D eigenvalue weighted by atomic mass is 10.2. The van der Waals surface area contributed by atoms with Gasteiger partial charge in [0.1, 0.15) is 6.33 Å². The molecule has 3 rings (SSSR count). The largest absolute Gasteiger partial charge is 0.378 e. The summed E-state index contributed by atoms with van der Waals surface area (Å²) in [6.07, 6.45) is 1.56. The topological polar surface area (TPSA) is 34.0 Å². The molecule has 1 heterocycles. The lowest BCUT2D eigenvalue weighted by Crippen LogP contribution is -2.08. The monoisotopic (exact) mass is 298 g/mol. The molecule has 0 fully saturated rings. The smallest absolute Gasteiger partial charge is 0.163 e. The highest BCUT2D eigenvalue weighted by Crippen LogP contribution is 2.23. The number of halogens is 1. The SMILES string of the molecule is CN(C)c1ccc(-c2ncnn2-c2ccc(Cl)cc2)cc1. The average molecular weight is 299 g/mol. The van der Waals surface area contributed by atoms with E-state index in [9.17, 15) is 0 Å². The first kappa shape index (κ1) is 13.6. The van der Waals surface area contributed by atoms with Crippen LogP contribution >= 0.6 is 11.6 Å². The molecule has 3 aromatic rings. The summed E-state index contributed by atoms with van der Waals surface area (Å²) in [5, 5.41) is 5.01. The van der Waals surface area contributed by atoms with E-state index in [1.165, 1.54) is 0 Å². The predicted molar refractivity (Wildman–Crippen MR) is 86.1 cm³/mol. The lowest BCUT2D eigenvalue weighted by Gasteiger charge is -2.12. The van der Waals surface area contributed by atoms with Crippen LogP contribution in [0, 0.1) is 0 Å². The van der Waals surface area contributed by atoms with Gasteiger partial charge in [-0.1, -0.05) is 11.6 Å². The van der Waals surface area contributed by atoms with Crippen LogP contribution in [-0.4, -0.2) is 28.9 Å². The number of aromatic nitrogens is 3. The Kier molecular flexibility index (Phi) is 3.62. The lowest BCUT2D eigenvalue weighted by molar-refractivity contribution is 0.887. The van der Waals surface area contributed by atoms with Crippen LogP contribution in [0.25, 0.3) is 17.1 Å². The molecule has 0 radical (unpaired) electrons. The molecular weight excluding hydrogens is 284 g/mol. The van der Waals surface area contributed by atoms with Crippen molar-refractivity contribution in [3.05, 3.63) is 59.9 Å². The van der Waals surface area contributed by atoms with E-state index in [0.29, 0.717) is 5.02 Å². The Hall–Kier alpha value is -2.33. The molecule has 0 aliphatic carbocycles. The first-order valence-corrected chi connectivity index (χ1v) is 6.96. The van der Waals surface area contributed by atoms with Crippen molar-refractivity contribution in [2.24, 2.45) is 0 Å². The number of nitrogens with zero attached hydrogens (tertiary/aromatic N) is 4. The molecule has 0 saturated heterocycles. The number of hydrogen-bond acceptors (Lipinski definition) is 3. The molecule has 0 bridgehead atoms. The molecule has 0 amide bonds. The van der Waals surface area contributed by atoms with Crippen molar-refractivity contribution in [3.63, 3.8) is 0 Å². The number of anilines is 1. The Balaban J connectivity index is 2.00. The van der Waals surface area contributed by atoms with Crippen LogP contribution < -0.4 is 4.90 Å². The van der Waals surface area contributed by atoms with Crippen molar-refractivity contribution in [3.8, 4) is 17.1 Å². The van der Waals surface area contributed by atoms with E-state index in [1.54, 1.807) is 11.0 Å². The number of hydrogen-bond donors (Lipinski definition) is 0. The first-order valence-electron chi connectivity index (χ1n) is 6.59. The third kappa shape index (κ3) is 2.76. The Bertz CT molecular complexity index is 730. The molecule has 21 heavy (non-hydrogen) atoms. The van der Waals surface area contributed by atoms with Crippen LogP contribution in [0.2, 0.25) is 5.02 Å². The van der Waals surface area contributed by atoms with Crippen molar-refractivity contribution in [1.82, 2.24) is 14.8 Å². The normalized spacial score (nSPS) is 10.6. The summed E-state index contributed by atoms with van der Waals surface area (Å²) in [6, 6.07) is 15.8. The summed E-state index contributed by atoms with van der Waals surface area (Å²) in [7, 11) is 4.04. The molecule has 4 nitrogen and oxygen atoms in total. The summed E-state index contributed by atoms with van der Waals surface area (Å²) >= 11 is 5.93. The van der Waals surface area contributed by atoms with Gasteiger partial charge in [0.05, 0.1) is 5.69 Å². The zero-order valence-electron chi connectivity index (χ0n) is 11.9. The highest BCUT2D eigenvalue weighted by Gasteiger charge is 2.09. The average Bonchev–Trinajstić information content (AvgIpc) is 2.97. The Morgan fingerprint density at radius 2 is 1.62 bits per heavy atom. The fourth-order valence-corrected chi connectivity index (χ4v) is 2.24. The van der Waals surface area contributed by atoms with Gasteiger partial charge in [-0.3, -0.25) is 0 Å². The summed E-state index contributed by atoms with van der Waals surface area (Å²) in [5.41, 5.74) is 3.10. The van der Waals surface area contributed by atoms with Crippen LogP contribution in [0.5, 0.6) is 0 Å². The second kappa shape index (κ2) is 5.58. The maximum atomic E-state index is 5.93.